The van der Waals surface area contributed by atoms with Crippen molar-refractivity contribution in [3.63, 3.8) is 0 Å². The Labute approximate surface area is 133 Å². The number of ketones is 1. The van der Waals surface area contributed by atoms with Crippen LogP contribution in [0, 0.1) is 0 Å². The normalized spacial score (nSPS) is 14.1. The Kier molecular flexibility index (Phi) is 13.1. The van der Waals surface area contributed by atoms with Crippen LogP contribution in [0.3, 0.4) is 0 Å². The summed E-state index contributed by atoms with van der Waals surface area (Å²) in [6.45, 7) is 8.55. The zero-order valence-electron chi connectivity index (χ0n) is 15.0. The lowest BCUT2D eigenvalue weighted by Crippen LogP contribution is -2.36. The number of carbonyl (C=O) groups is 1. The van der Waals surface area contributed by atoms with Crippen LogP contribution in [0.1, 0.15) is 105 Å². The zero-order valence-corrected chi connectivity index (χ0v) is 15.0. The standard InChI is InChI=1S/C19H38O2/c1-5-7-8-9-10-11-12-13-14-15-16-17-21-19(4,6-2)18(3)20/h5-17H2,1-4H3. The van der Waals surface area contributed by atoms with E-state index in [0.717, 1.165) is 19.4 Å². The van der Waals surface area contributed by atoms with Crippen molar-refractivity contribution in [3.8, 4) is 0 Å². The summed E-state index contributed by atoms with van der Waals surface area (Å²) in [5.74, 6) is 0.146. The van der Waals surface area contributed by atoms with Crippen molar-refractivity contribution in [2.75, 3.05) is 6.61 Å². The smallest absolute Gasteiger partial charge is 0.161 e. The SMILES string of the molecule is CCCCCCCCCCCCCOC(C)(CC)C(C)=O. The van der Waals surface area contributed by atoms with Gasteiger partial charge in [0.1, 0.15) is 5.60 Å². The highest BCUT2D eigenvalue weighted by Gasteiger charge is 2.27. The minimum Gasteiger partial charge on any atom is -0.368 e. The third-order valence-corrected chi connectivity index (χ3v) is 4.59. The van der Waals surface area contributed by atoms with Gasteiger partial charge in [0.25, 0.3) is 0 Å². The highest BCUT2D eigenvalue weighted by molar-refractivity contribution is 5.84. The average Bonchev–Trinajstić information content (AvgIpc) is 2.47. The van der Waals surface area contributed by atoms with Gasteiger partial charge in [-0.2, -0.15) is 0 Å². The van der Waals surface area contributed by atoms with Crippen LogP contribution in [0.5, 0.6) is 0 Å². The number of rotatable bonds is 15. The lowest BCUT2D eigenvalue weighted by Gasteiger charge is -2.25. The molecule has 0 aromatic heterocycles. The van der Waals surface area contributed by atoms with Gasteiger partial charge >= 0.3 is 0 Å². The van der Waals surface area contributed by atoms with Crippen LogP contribution in [0.4, 0.5) is 0 Å². The van der Waals surface area contributed by atoms with Gasteiger partial charge in [-0.25, -0.2) is 0 Å². The molecule has 2 heteroatoms. The monoisotopic (exact) mass is 298 g/mol. The van der Waals surface area contributed by atoms with Crippen molar-refractivity contribution in [2.24, 2.45) is 0 Å². The molecule has 1 atom stereocenters. The summed E-state index contributed by atoms with van der Waals surface area (Å²) in [6.07, 6.45) is 15.5. The van der Waals surface area contributed by atoms with Crippen LogP contribution < -0.4 is 0 Å². The highest BCUT2D eigenvalue weighted by atomic mass is 16.5. The third kappa shape index (κ3) is 10.9. The van der Waals surface area contributed by atoms with E-state index in [-0.39, 0.29) is 5.78 Å². The summed E-state index contributed by atoms with van der Waals surface area (Å²) in [5, 5.41) is 0. The Hall–Kier alpha value is -0.370. The van der Waals surface area contributed by atoms with Crippen molar-refractivity contribution in [2.45, 2.75) is 110 Å². The molecule has 0 N–H and O–H groups in total. The van der Waals surface area contributed by atoms with Crippen molar-refractivity contribution in [1.82, 2.24) is 0 Å². The number of hydrogen-bond acceptors (Lipinski definition) is 2. The Bertz CT molecular complexity index is 250. The number of Topliss-reactive ketones (excluding diaryl/α,β-unsaturated/α-hetero) is 1. The van der Waals surface area contributed by atoms with Gasteiger partial charge in [-0.15, -0.1) is 0 Å². The van der Waals surface area contributed by atoms with Crippen LogP contribution in [0.15, 0.2) is 0 Å². The fourth-order valence-corrected chi connectivity index (χ4v) is 2.52. The van der Waals surface area contributed by atoms with Crippen LogP contribution in [-0.2, 0) is 9.53 Å². The Morgan fingerprint density at radius 1 is 0.810 bits per heavy atom. The van der Waals surface area contributed by atoms with Gasteiger partial charge in [-0.3, -0.25) is 4.79 Å². The molecule has 126 valence electrons. The molecule has 0 heterocycles. The van der Waals surface area contributed by atoms with E-state index in [1.165, 1.54) is 64.2 Å². The molecule has 0 amide bonds. The highest BCUT2D eigenvalue weighted by Crippen LogP contribution is 2.17. The third-order valence-electron chi connectivity index (χ3n) is 4.59. The molecule has 0 aliphatic heterocycles. The van der Waals surface area contributed by atoms with E-state index in [4.69, 9.17) is 4.74 Å². The molecular weight excluding hydrogens is 260 g/mol. The number of carbonyl (C=O) groups excluding carboxylic acids is 1. The predicted molar refractivity (Wildman–Crippen MR) is 91.8 cm³/mol. The van der Waals surface area contributed by atoms with Gasteiger partial charge < -0.3 is 4.74 Å². The zero-order chi connectivity index (χ0) is 16.0. The summed E-state index contributed by atoms with van der Waals surface area (Å²) < 4.78 is 5.77. The van der Waals surface area contributed by atoms with Gasteiger partial charge in [0.2, 0.25) is 0 Å². The molecule has 0 aromatic carbocycles. The van der Waals surface area contributed by atoms with E-state index >= 15 is 0 Å². The van der Waals surface area contributed by atoms with Gasteiger partial charge in [0, 0.05) is 6.61 Å². The quantitative estimate of drug-likeness (QED) is 0.343. The molecule has 0 aliphatic carbocycles. The van der Waals surface area contributed by atoms with Gasteiger partial charge in [-0.05, 0) is 26.7 Å². The summed E-state index contributed by atoms with van der Waals surface area (Å²) in [4.78, 5) is 11.5. The number of hydrogen-bond donors (Lipinski definition) is 0. The molecule has 21 heavy (non-hydrogen) atoms. The summed E-state index contributed by atoms with van der Waals surface area (Å²) in [5.41, 5.74) is -0.557. The second-order valence-electron chi connectivity index (χ2n) is 6.52. The fourth-order valence-electron chi connectivity index (χ4n) is 2.52. The number of unbranched alkanes of at least 4 members (excludes halogenated alkanes) is 10. The molecule has 1 unspecified atom stereocenters. The number of ether oxygens (including phenoxy) is 1. The van der Waals surface area contributed by atoms with Crippen molar-refractivity contribution >= 4 is 5.78 Å². The van der Waals surface area contributed by atoms with E-state index in [2.05, 4.69) is 6.92 Å². The summed E-state index contributed by atoms with van der Waals surface area (Å²) in [7, 11) is 0. The predicted octanol–water partition coefficient (Wildman–Crippen LogP) is 6.07. The minimum absolute atomic E-state index is 0.146. The minimum atomic E-state index is -0.557. The van der Waals surface area contributed by atoms with E-state index in [1.54, 1.807) is 6.92 Å². The first-order valence-electron chi connectivity index (χ1n) is 9.21. The maximum atomic E-state index is 11.5. The molecule has 0 aliphatic rings. The molecule has 0 saturated heterocycles. The van der Waals surface area contributed by atoms with Gasteiger partial charge in [-0.1, -0.05) is 78.1 Å². The Balaban J connectivity index is 3.31. The summed E-state index contributed by atoms with van der Waals surface area (Å²) in [6, 6.07) is 0. The second kappa shape index (κ2) is 13.3. The molecular formula is C19H38O2. The van der Waals surface area contributed by atoms with Crippen molar-refractivity contribution in [3.05, 3.63) is 0 Å². The maximum Gasteiger partial charge on any atom is 0.161 e. The van der Waals surface area contributed by atoms with Crippen LogP contribution >= 0.6 is 0 Å². The van der Waals surface area contributed by atoms with Gasteiger partial charge in [0.05, 0.1) is 0 Å². The van der Waals surface area contributed by atoms with E-state index in [9.17, 15) is 4.79 Å². The Morgan fingerprint density at radius 3 is 1.62 bits per heavy atom. The second-order valence-corrected chi connectivity index (χ2v) is 6.52. The molecule has 2 nitrogen and oxygen atoms in total. The molecule has 0 fully saturated rings. The maximum absolute atomic E-state index is 11.5. The fraction of sp³-hybridized carbons (Fsp3) is 0.947. The molecule has 0 spiro atoms. The lowest BCUT2D eigenvalue weighted by atomic mass is 9.98. The van der Waals surface area contributed by atoms with Crippen molar-refractivity contribution in [1.29, 1.82) is 0 Å². The van der Waals surface area contributed by atoms with Crippen LogP contribution in [0.25, 0.3) is 0 Å². The first-order valence-corrected chi connectivity index (χ1v) is 9.21. The molecule has 0 saturated carbocycles. The topological polar surface area (TPSA) is 26.3 Å². The van der Waals surface area contributed by atoms with Crippen LogP contribution in [0.2, 0.25) is 0 Å². The first kappa shape index (κ1) is 20.6. The van der Waals surface area contributed by atoms with E-state index in [1.807, 2.05) is 13.8 Å². The molecule has 0 rings (SSSR count). The molecule has 0 bridgehead atoms. The molecule has 0 radical (unpaired) electrons. The average molecular weight is 299 g/mol. The summed E-state index contributed by atoms with van der Waals surface area (Å²) >= 11 is 0. The Morgan fingerprint density at radius 2 is 1.24 bits per heavy atom. The molecule has 0 aromatic rings. The lowest BCUT2D eigenvalue weighted by molar-refractivity contribution is -0.140. The van der Waals surface area contributed by atoms with E-state index in [0.29, 0.717) is 0 Å². The van der Waals surface area contributed by atoms with Crippen molar-refractivity contribution < 1.29 is 9.53 Å². The van der Waals surface area contributed by atoms with Gasteiger partial charge in [0.15, 0.2) is 5.78 Å². The van der Waals surface area contributed by atoms with E-state index < -0.39 is 5.60 Å². The first-order chi connectivity index (χ1) is 10.1. The van der Waals surface area contributed by atoms with Crippen LogP contribution in [-0.4, -0.2) is 18.0 Å². The largest absolute Gasteiger partial charge is 0.368 e.